The van der Waals surface area contributed by atoms with Gasteiger partial charge in [-0.1, -0.05) is 274 Å². The summed E-state index contributed by atoms with van der Waals surface area (Å²) in [6, 6.07) is 96.5. The van der Waals surface area contributed by atoms with Crippen molar-refractivity contribution in [3.8, 4) is 0 Å². The minimum atomic E-state index is -0.950. The molecule has 0 aliphatic heterocycles. The van der Waals surface area contributed by atoms with Gasteiger partial charge >= 0.3 is 0 Å². The maximum atomic E-state index is 6.75. The summed E-state index contributed by atoms with van der Waals surface area (Å²) in [7, 11) is -4.05. The molecule has 0 fully saturated rings. The Morgan fingerprint density at radius 3 is 0.694 bits per heavy atom. The van der Waals surface area contributed by atoms with E-state index < -0.39 is 39.9 Å². The van der Waals surface area contributed by atoms with Crippen LogP contribution in [0.5, 0.6) is 0 Å². The Bertz CT molecular complexity index is 5620. The summed E-state index contributed by atoms with van der Waals surface area (Å²) in [5, 5.41) is 13.3. The molecule has 16 rings (SSSR count). The number of aryl methyl sites for hydroxylation is 9. The fourth-order valence-electron chi connectivity index (χ4n) is 16.7. The van der Waals surface area contributed by atoms with Gasteiger partial charge in [0.15, 0.2) is 0 Å². The summed E-state index contributed by atoms with van der Waals surface area (Å²) in [5.74, 6) is 0. The Balaban J connectivity index is 0.000000213. The van der Waals surface area contributed by atoms with Crippen molar-refractivity contribution in [2.75, 3.05) is 38.1 Å². The molecule has 0 saturated heterocycles. The van der Waals surface area contributed by atoms with E-state index in [0.29, 0.717) is 0 Å². The molecule has 124 heavy (non-hydrogen) atoms. The van der Waals surface area contributed by atoms with Crippen LogP contribution < -0.4 is 21.2 Å². The first-order valence-electron chi connectivity index (χ1n) is 42.6. The summed E-state index contributed by atoms with van der Waals surface area (Å²) < 4.78 is 0. The van der Waals surface area contributed by atoms with E-state index in [1.807, 2.05) is 0 Å². The summed E-state index contributed by atoms with van der Waals surface area (Å²) >= 11 is 0. The molecule has 0 saturated carbocycles. The molecule has 0 atom stereocenters. The van der Waals surface area contributed by atoms with Crippen LogP contribution in [0.2, 0.25) is 39.3 Å². The number of benzene rings is 13. The maximum absolute atomic E-state index is 6.75. The second-order valence-corrected chi connectivity index (χ2v) is 54.6. The average Bonchev–Trinajstić information content (AvgIpc) is 1.60. The summed E-state index contributed by atoms with van der Waals surface area (Å²) in [4.78, 5) is 33.3. The van der Waals surface area contributed by atoms with Gasteiger partial charge in [0.2, 0.25) is 0 Å². The van der Waals surface area contributed by atoms with Crippen LogP contribution in [0, 0.1) is 75.4 Å². The normalized spacial score (nSPS) is 14.2. The first-order valence-corrected chi connectivity index (χ1v) is 55.3. The van der Waals surface area contributed by atoms with Gasteiger partial charge in [-0.15, -0.1) is 16.1 Å². The van der Waals surface area contributed by atoms with E-state index in [9.17, 15) is 0 Å². The van der Waals surface area contributed by atoms with Crippen LogP contribution in [0.15, 0.2) is 297 Å². The average molecular weight is 1860 g/mol. The molecule has 17 heteroatoms. The molecular weight excluding hydrogens is 1740 g/mol. The second kappa shape index (κ2) is 46.6. The summed E-state index contributed by atoms with van der Waals surface area (Å²) in [6.07, 6.45) is 3.28. The molecule has 9 nitrogen and oxygen atoms in total. The van der Waals surface area contributed by atoms with Gasteiger partial charge in [0.25, 0.3) is 0 Å². The molecule has 3 aliphatic carbocycles. The van der Waals surface area contributed by atoms with E-state index in [1.54, 1.807) is 0 Å². The van der Waals surface area contributed by atoms with E-state index in [1.165, 1.54) is 148 Å². The minimum Gasteiger partial charge on any atom is -0.373 e. The van der Waals surface area contributed by atoms with Gasteiger partial charge in [-0.05, 0) is 188 Å². The van der Waals surface area contributed by atoms with Crippen LogP contribution in [-0.4, -0.2) is 99.9 Å². The third kappa shape index (κ3) is 26.2. The fraction of sp³-hybridized carbons (Fsp3) is 0.252. The number of aliphatic imine (C=N–C) groups is 6. The molecule has 0 N–H and O–H groups in total. The Morgan fingerprint density at radius 2 is 0.492 bits per heavy atom. The zero-order chi connectivity index (χ0) is 86.8. The molecule has 13 aromatic rings. The number of hydrogen-bond acceptors (Lipinski definition) is 6. The Labute approximate surface area is 776 Å². The van der Waals surface area contributed by atoms with Crippen molar-refractivity contribution in [2.45, 2.75) is 141 Å². The Morgan fingerprint density at radius 1 is 0.298 bits per heavy atom. The molecule has 0 aromatic heterocycles. The molecular formula is C107H122Co3N9P3Si2. The standard InChI is InChI=1S/2C35H31N2P.C29H35N2P.2C4H11Si.3Co.N3/c2*1-24-22-25(2)33(26(3)23-24)37-35-31-19-11-13-27-12-10-18-30(32(27)31)34(35)36-20-21-38(28-14-6-4-7-15-28)29-16-8-5-9-17-29;1-18(2)32(19(3)4)15-14-30-28-24-12-8-10-23-11-9-13-25(26(23)24)29(28)31-27-21(6)16-20(5)17-22(27)7;2*1-5(2,3)4;;;;1-3-2/h2*4-19,22-23H,20-21H2,1-3H3;8-13,16-19H,14-15H2,1-7H3;2*1H2,2-4H3;;;;/q;;;2*-1;;;;-1/p+3. The van der Waals surface area contributed by atoms with E-state index in [0.717, 1.165) is 94.6 Å². The van der Waals surface area contributed by atoms with Crippen LogP contribution in [0.25, 0.3) is 48.3 Å². The monoisotopic (exact) mass is 1860 g/mol. The van der Waals surface area contributed by atoms with Gasteiger partial charge in [-0.2, -0.15) is 0 Å². The van der Waals surface area contributed by atoms with Crippen molar-refractivity contribution in [3.05, 3.63) is 379 Å². The third-order valence-electron chi connectivity index (χ3n) is 21.4. The van der Waals surface area contributed by atoms with Gasteiger partial charge in [0, 0.05) is 108 Å². The zero-order valence-corrected chi connectivity index (χ0v) is 83.9. The third-order valence-corrected chi connectivity index (χ3v) is 30.7. The maximum Gasteiger partial charge on any atom is 0.0974 e. The van der Waals surface area contributed by atoms with Crippen LogP contribution >= 0.6 is 23.8 Å². The van der Waals surface area contributed by atoms with E-state index in [2.05, 4.69) is 409 Å². The number of rotatable bonds is 18. The van der Waals surface area contributed by atoms with Crippen molar-refractivity contribution >= 4 is 145 Å². The number of nitrogens with zero attached hydrogens (tertiary/aromatic N) is 9. The quantitative estimate of drug-likeness (QED) is 0.0202. The first-order chi connectivity index (χ1) is 57.9. The topological polar surface area (TPSA) is 133 Å². The van der Waals surface area contributed by atoms with Crippen molar-refractivity contribution < 1.29 is 50.3 Å². The molecule has 645 valence electrons. The van der Waals surface area contributed by atoms with Crippen LogP contribution in [0.3, 0.4) is 0 Å². The molecule has 0 amide bonds. The molecule has 0 spiro atoms. The van der Waals surface area contributed by atoms with Gasteiger partial charge in [-0.25, -0.2) is 15.0 Å². The van der Waals surface area contributed by atoms with Gasteiger partial charge in [0.1, 0.15) is 0 Å². The molecule has 3 radical (unpaired) electrons. The van der Waals surface area contributed by atoms with E-state index in [-0.39, 0.29) is 50.3 Å². The predicted molar refractivity (Wildman–Crippen MR) is 548 cm³/mol. The first kappa shape index (κ1) is 101. The SMILES string of the molecule is Cc1cc(C)c(N=C2C(=NCC[PH+](C(C)C)C(C)C)c3cccc4cccc2c34)c(C)c1.Cc1cc(C)c(N=C2C(=NCC[PH+](c3ccccc3)c3ccccc3)c3cccc4cccc2c34)c(C)c1.Cc1cc(C)c(N=C2C(=NCC[PH+](c3ccccc3)c3ccccc3)c3cccc4cccc2c34)c(C)c1.[CH2-][Si](C)(C)C.[CH2-][Si](C)(C)C.[Co].[Co].[Co].[N-]=[N+]=[N-]. The second-order valence-electron chi connectivity index (χ2n) is 35.2. The van der Waals surface area contributed by atoms with Crippen LogP contribution in [-0.2, 0) is 50.3 Å². The summed E-state index contributed by atoms with van der Waals surface area (Å²) in [5.41, 5.74) is 42.7. The molecule has 0 heterocycles. The largest absolute Gasteiger partial charge is 0.373 e. The van der Waals surface area contributed by atoms with Crippen molar-refractivity contribution in [3.63, 3.8) is 0 Å². The van der Waals surface area contributed by atoms with Gasteiger partial charge in [0.05, 0.1) is 138 Å². The van der Waals surface area contributed by atoms with Gasteiger partial charge in [-0.3, -0.25) is 19.9 Å². The zero-order valence-electron chi connectivity index (χ0n) is 75.7. The predicted octanol–water partition coefficient (Wildman–Crippen LogP) is 27.1. The van der Waals surface area contributed by atoms with Gasteiger partial charge < -0.3 is 24.2 Å². The van der Waals surface area contributed by atoms with Crippen molar-refractivity contribution in [1.82, 2.24) is 0 Å². The summed E-state index contributed by atoms with van der Waals surface area (Å²) in [6.45, 7) is 52.5. The molecule has 13 aromatic carbocycles. The fourth-order valence-corrected chi connectivity index (χ4v) is 24.5. The van der Waals surface area contributed by atoms with Crippen LogP contribution in [0.1, 0.15) is 111 Å². The molecule has 0 unspecified atom stereocenters. The Hall–Kier alpha value is -8.79. The smallest absolute Gasteiger partial charge is 0.0974 e. The van der Waals surface area contributed by atoms with Crippen molar-refractivity contribution in [2.24, 2.45) is 30.0 Å². The van der Waals surface area contributed by atoms with E-state index in [4.69, 9.17) is 41.0 Å². The molecule has 3 aliphatic rings. The Kier molecular flexibility index (Phi) is 37.8. The van der Waals surface area contributed by atoms with E-state index >= 15 is 0 Å². The number of hydrogen-bond donors (Lipinski definition) is 0. The minimum absolute atomic E-state index is 0. The molecule has 0 bridgehead atoms. The van der Waals surface area contributed by atoms with Crippen molar-refractivity contribution in [1.29, 1.82) is 0 Å². The van der Waals surface area contributed by atoms with Crippen LogP contribution in [0.4, 0.5) is 17.1 Å².